The lowest BCUT2D eigenvalue weighted by molar-refractivity contribution is -0.137. The molecule has 0 fully saturated rings. The summed E-state index contributed by atoms with van der Waals surface area (Å²) < 4.78 is 0. The van der Waals surface area contributed by atoms with Crippen molar-refractivity contribution in [2.45, 2.75) is 22.7 Å². The molecular formula is C10H10O3S. The molecule has 2 N–H and O–H groups in total. The van der Waals surface area contributed by atoms with Gasteiger partial charge >= 0.3 is 5.97 Å². The Morgan fingerprint density at radius 2 is 2.14 bits per heavy atom. The van der Waals surface area contributed by atoms with Crippen LogP contribution in [-0.2, 0) is 4.79 Å². The number of rotatable bonds is 2. The Bertz CT molecular complexity index is 364. The van der Waals surface area contributed by atoms with E-state index in [1.54, 1.807) is 0 Å². The van der Waals surface area contributed by atoms with Crippen molar-refractivity contribution in [3.8, 4) is 0 Å². The van der Waals surface area contributed by atoms with Crippen molar-refractivity contribution >= 4 is 17.7 Å². The Hall–Kier alpha value is -1.00. The van der Waals surface area contributed by atoms with Crippen LogP contribution in [0.5, 0.6) is 0 Å². The van der Waals surface area contributed by atoms with Gasteiger partial charge in [-0.3, -0.25) is 4.79 Å². The minimum absolute atomic E-state index is 0.000509. The van der Waals surface area contributed by atoms with Gasteiger partial charge in [0.1, 0.15) is 0 Å². The van der Waals surface area contributed by atoms with E-state index in [0.717, 1.165) is 10.5 Å². The van der Waals surface area contributed by atoms with E-state index in [1.165, 1.54) is 11.8 Å². The molecule has 74 valence electrons. The zero-order chi connectivity index (χ0) is 10.1. The van der Waals surface area contributed by atoms with Gasteiger partial charge < -0.3 is 10.2 Å². The lowest BCUT2D eigenvalue weighted by Crippen LogP contribution is -2.14. The Balaban J connectivity index is 2.21. The van der Waals surface area contributed by atoms with Gasteiger partial charge in [0.2, 0.25) is 0 Å². The highest BCUT2D eigenvalue weighted by Crippen LogP contribution is 2.45. The number of thioether (sulfide) groups is 1. The summed E-state index contributed by atoms with van der Waals surface area (Å²) >= 11 is 1.44. The molecule has 3 nitrogen and oxygen atoms in total. The first-order valence-electron chi connectivity index (χ1n) is 4.34. The Labute approximate surface area is 85.8 Å². The normalized spacial score (nSPS) is 24.6. The van der Waals surface area contributed by atoms with Gasteiger partial charge in [0.15, 0.2) is 0 Å². The van der Waals surface area contributed by atoms with Gasteiger partial charge in [0.05, 0.1) is 17.8 Å². The molecule has 1 aliphatic rings. The summed E-state index contributed by atoms with van der Waals surface area (Å²) in [6.07, 6.45) is -0.646. The fraction of sp³-hybridized carbons (Fsp3) is 0.300. The molecule has 2 rings (SSSR count). The maximum absolute atomic E-state index is 10.5. The molecule has 0 saturated heterocycles. The quantitative estimate of drug-likeness (QED) is 0.779. The molecule has 1 heterocycles. The number of hydrogen-bond donors (Lipinski definition) is 2. The van der Waals surface area contributed by atoms with E-state index in [9.17, 15) is 9.90 Å². The zero-order valence-electron chi connectivity index (χ0n) is 7.38. The molecule has 4 heteroatoms. The molecular weight excluding hydrogens is 200 g/mol. The van der Waals surface area contributed by atoms with E-state index in [0.29, 0.717) is 0 Å². The van der Waals surface area contributed by atoms with Crippen molar-refractivity contribution in [1.29, 1.82) is 0 Å². The van der Waals surface area contributed by atoms with Gasteiger partial charge in [-0.25, -0.2) is 0 Å². The molecule has 2 unspecified atom stereocenters. The smallest absolute Gasteiger partial charge is 0.304 e. The van der Waals surface area contributed by atoms with Crippen LogP contribution in [0.1, 0.15) is 18.1 Å². The van der Waals surface area contributed by atoms with Gasteiger partial charge in [-0.05, 0) is 11.6 Å². The predicted octanol–water partition coefficient (Wildman–Crippen LogP) is 1.67. The molecule has 0 bridgehead atoms. The summed E-state index contributed by atoms with van der Waals surface area (Å²) in [7, 11) is 0. The second-order valence-corrected chi connectivity index (χ2v) is 4.52. The molecule has 14 heavy (non-hydrogen) atoms. The first-order valence-corrected chi connectivity index (χ1v) is 5.22. The second-order valence-electron chi connectivity index (χ2n) is 3.24. The number of carboxylic acid groups (broad SMARTS) is 1. The maximum atomic E-state index is 10.5. The molecule has 0 aliphatic carbocycles. The SMILES string of the molecule is O=C(O)CC1Sc2ccccc2C1O. The number of fused-ring (bicyclic) bond motifs is 1. The summed E-state index contributed by atoms with van der Waals surface area (Å²) in [5.41, 5.74) is 0.851. The third kappa shape index (κ3) is 1.63. The second kappa shape index (κ2) is 3.63. The Morgan fingerprint density at radius 3 is 2.79 bits per heavy atom. The molecule has 1 aromatic carbocycles. The molecule has 0 saturated carbocycles. The molecule has 1 aromatic rings. The fourth-order valence-corrected chi connectivity index (χ4v) is 2.89. The lowest BCUT2D eigenvalue weighted by atomic mass is 10.1. The number of aliphatic carboxylic acids is 1. The highest BCUT2D eigenvalue weighted by atomic mass is 32.2. The molecule has 0 amide bonds. The van der Waals surface area contributed by atoms with Crippen molar-refractivity contribution in [3.05, 3.63) is 29.8 Å². The van der Waals surface area contributed by atoms with Crippen LogP contribution in [0.4, 0.5) is 0 Å². The summed E-state index contributed by atoms with van der Waals surface area (Å²) in [6.45, 7) is 0. The zero-order valence-corrected chi connectivity index (χ0v) is 8.20. The van der Waals surface area contributed by atoms with Gasteiger partial charge in [0.25, 0.3) is 0 Å². The van der Waals surface area contributed by atoms with Crippen LogP contribution in [0.15, 0.2) is 29.2 Å². The third-order valence-corrected chi connectivity index (χ3v) is 3.60. The number of carbonyl (C=O) groups is 1. The number of carboxylic acids is 1. The van der Waals surface area contributed by atoms with E-state index in [-0.39, 0.29) is 11.7 Å². The topological polar surface area (TPSA) is 57.5 Å². The molecule has 0 aromatic heterocycles. The van der Waals surface area contributed by atoms with E-state index in [4.69, 9.17) is 5.11 Å². The fourth-order valence-electron chi connectivity index (χ4n) is 1.59. The minimum atomic E-state index is -0.866. The van der Waals surface area contributed by atoms with Crippen molar-refractivity contribution < 1.29 is 15.0 Å². The predicted molar refractivity (Wildman–Crippen MR) is 53.3 cm³/mol. The van der Waals surface area contributed by atoms with E-state index >= 15 is 0 Å². The van der Waals surface area contributed by atoms with Crippen LogP contribution in [0, 0.1) is 0 Å². The van der Waals surface area contributed by atoms with Crippen molar-refractivity contribution in [1.82, 2.24) is 0 Å². The van der Waals surface area contributed by atoms with Gasteiger partial charge in [0, 0.05) is 4.90 Å². The van der Waals surface area contributed by atoms with Crippen molar-refractivity contribution in [2.24, 2.45) is 0 Å². The Kier molecular flexibility index (Phi) is 2.48. The van der Waals surface area contributed by atoms with Crippen LogP contribution >= 0.6 is 11.8 Å². The van der Waals surface area contributed by atoms with Crippen LogP contribution in [0.25, 0.3) is 0 Å². The van der Waals surface area contributed by atoms with Gasteiger partial charge in [-0.15, -0.1) is 11.8 Å². The van der Waals surface area contributed by atoms with Crippen LogP contribution in [0.2, 0.25) is 0 Å². The summed E-state index contributed by atoms with van der Waals surface area (Å²) in [6, 6.07) is 7.49. The lowest BCUT2D eigenvalue weighted by Gasteiger charge is -2.10. The summed E-state index contributed by atoms with van der Waals surface area (Å²) in [5.74, 6) is -0.866. The number of hydrogen-bond acceptors (Lipinski definition) is 3. The van der Waals surface area contributed by atoms with E-state index in [2.05, 4.69) is 0 Å². The molecule has 0 radical (unpaired) electrons. The number of benzene rings is 1. The average Bonchev–Trinajstić information content (AvgIpc) is 2.44. The number of aliphatic hydroxyl groups excluding tert-OH is 1. The molecule has 2 atom stereocenters. The first kappa shape index (κ1) is 9.55. The summed E-state index contributed by atoms with van der Waals surface area (Å²) in [5, 5.41) is 18.2. The Morgan fingerprint density at radius 1 is 1.43 bits per heavy atom. The standard InChI is InChI=1S/C10H10O3S/c11-9(12)5-8-10(13)6-3-1-2-4-7(6)14-8/h1-4,8,10,13H,5H2,(H,11,12). The largest absolute Gasteiger partial charge is 0.481 e. The number of aliphatic hydroxyl groups is 1. The van der Waals surface area contributed by atoms with Crippen molar-refractivity contribution in [2.75, 3.05) is 0 Å². The third-order valence-electron chi connectivity index (χ3n) is 2.24. The molecule has 1 aliphatic heterocycles. The minimum Gasteiger partial charge on any atom is -0.481 e. The monoisotopic (exact) mass is 210 g/mol. The van der Waals surface area contributed by atoms with E-state index < -0.39 is 12.1 Å². The molecule has 0 spiro atoms. The van der Waals surface area contributed by atoms with Crippen LogP contribution in [0.3, 0.4) is 0 Å². The van der Waals surface area contributed by atoms with Crippen LogP contribution < -0.4 is 0 Å². The van der Waals surface area contributed by atoms with E-state index in [1.807, 2.05) is 24.3 Å². The highest BCUT2D eigenvalue weighted by Gasteiger charge is 2.32. The van der Waals surface area contributed by atoms with Gasteiger partial charge in [-0.2, -0.15) is 0 Å². The first-order chi connectivity index (χ1) is 6.68. The maximum Gasteiger partial charge on any atom is 0.304 e. The summed E-state index contributed by atoms with van der Waals surface area (Å²) in [4.78, 5) is 11.5. The average molecular weight is 210 g/mol. The highest BCUT2D eigenvalue weighted by molar-refractivity contribution is 8.00. The van der Waals surface area contributed by atoms with Gasteiger partial charge in [-0.1, -0.05) is 18.2 Å². The van der Waals surface area contributed by atoms with Crippen molar-refractivity contribution in [3.63, 3.8) is 0 Å². The van der Waals surface area contributed by atoms with Crippen LogP contribution in [-0.4, -0.2) is 21.4 Å².